The van der Waals surface area contributed by atoms with Gasteiger partial charge in [0.1, 0.15) is 24.6 Å². The highest BCUT2D eigenvalue weighted by atomic mass is 19.1. The molecule has 0 radical (unpaired) electrons. The van der Waals surface area contributed by atoms with E-state index in [0.717, 1.165) is 56.0 Å². The number of nitrogens with one attached hydrogen (secondary N) is 2. The normalized spacial score (nSPS) is 19.8. The largest absolute Gasteiger partial charge is 0.483 e. The summed E-state index contributed by atoms with van der Waals surface area (Å²) in [5, 5.41) is 6.67. The average molecular weight is 385 g/mol. The zero-order valence-electron chi connectivity index (χ0n) is 15.7. The Morgan fingerprint density at radius 3 is 2.75 bits per heavy atom. The summed E-state index contributed by atoms with van der Waals surface area (Å²) in [5.41, 5.74) is 2.50. The molecule has 28 heavy (non-hydrogen) atoms. The van der Waals surface area contributed by atoms with E-state index >= 15 is 0 Å². The number of aromatic nitrogens is 2. The molecule has 0 unspecified atom stereocenters. The van der Waals surface area contributed by atoms with Crippen LogP contribution in [0.15, 0.2) is 18.5 Å². The summed E-state index contributed by atoms with van der Waals surface area (Å²) in [6, 6.07) is 3.64. The number of halogens is 1. The van der Waals surface area contributed by atoms with Gasteiger partial charge in [0.15, 0.2) is 11.6 Å². The summed E-state index contributed by atoms with van der Waals surface area (Å²) in [6.07, 6.45) is 3.58. The lowest BCUT2D eigenvalue weighted by Gasteiger charge is -2.29. The molecule has 2 aromatic rings. The Balaban J connectivity index is 1.49. The first-order valence-electron chi connectivity index (χ1n) is 9.90. The standard InChI is InChI=1S/C20H24FN5O2/c21-16-9-14(13-1-3-22-4-2-13)10-17-18(16)28-11-15-19(25-17)23-12-24-20(15)26-5-7-27-8-6-26/h9-10,12-13,22H,1-8,11H2,(H,23,24,25). The van der Waals surface area contributed by atoms with Crippen LogP contribution in [0.5, 0.6) is 5.75 Å². The lowest BCUT2D eigenvalue weighted by Crippen LogP contribution is -2.37. The second kappa shape index (κ2) is 7.52. The fourth-order valence-electron chi connectivity index (χ4n) is 4.21. The van der Waals surface area contributed by atoms with Crippen molar-refractivity contribution in [2.45, 2.75) is 25.4 Å². The smallest absolute Gasteiger partial charge is 0.178 e. The van der Waals surface area contributed by atoms with Crippen LogP contribution in [-0.2, 0) is 11.3 Å². The van der Waals surface area contributed by atoms with E-state index in [4.69, 9.17) is 9.47 Å². The highest BCUT2D eigenvalue weighted by molar-refractivity contribution is 5.72. The molecule has 148 valence electrons. The molecule has 3 aliphatic heterocycles. The second-order valence-electron chi connectivity index (χ2n) is 7.44. The maximum Gasteiger partial charge on any atom is 0.178 e. The molecule has 5 rings (SSSR count). The van der Waals surface area contributed by atoms with Crippen molar-refractivity contribution in [3.8, 4) is 5.75 Å². The molecule has 7 nitrogen and oxygen atoms in total. The molecule has 3 aliphatic rings. The quantitative estimate of drug-likeness (QED) is 0.823. The number of morpholine rings is 1. The molecule has 0 aliphatic carbocycles. The number of fused-ring (bicyclic) bond motifs is 2. The van der Waals surface area contributed by atoms with Gasteiger partial charge in [-0.15, -0.1) is 0 Å². The maximum absolute atomic E-state index is 14.9. The van der Waals surface area contributed by atoms with Crippen molar-refractivity contribution in [2.24, 2.45) is 0 Å². The van der Waals surface area contributed by atoms with E-state index in [1.165, 1.54) is 0 Å². The van der Waals surface area contributed by atoms with Gasteiger partial charge >= 0.3 is 0 Å². The molecule has 2 saturated heterocycles. The first kappa shape index (κ1) is 17.6. The molecular formula is C20H24FN5O2. The fourth-order valence-corrected chi connectivity index (χ4v) is 4.21. The van der Waals surface area contributed by atoms with Gasteiger partial charge < -0.3 is 25.0 Å². The molecule has 1 aromatic heterocycles. The third-order valence-corrected chi connectivity index (χ3v) is 5.72. The van der Waals surface area contributed by atoms with Crippen LogP contribution < -0.4 is 20.3 Å². The number of nitrogens with zero attached hydrogens (tertiary/aromatic N) is 3. The molecule has 0 amide bonds. The van der Waals surface area contributed by atoms with E-state index in [-0.39, 0.29) is 18.2 Å². The summed E-state index contributed by atoms with van der Waals surface area (Å²) >= 11 is 0. The van der Waals surface area contributed by atoms with E-state index in [1.807, 2.05) is 6.07 Å². The summed E-state index contributed by atoms with van der Waals surface area (Å²) in [7, 11) is 0. The van der Waals surface area contributed by atoms with Crippen LogP contribution in [0.3, 0.4) is 0 Å². The van der Waals surface area contributed by atoms with Crippen molar-refractivity contribution >= 4 is 17.3 Å². The van der Waals surface area contributed by atoms with E-state index < -0.39 is 0 Å². The minimum absolute atomic E-state index is 0.229. The first-order valence-corrected chi connectivity index (χ1v) is 9.90. The number of rotatable bonds is 2. The Morgan fingerprint density at radius 2 is 1.93 bits per heavy atom. The monoisotopic (exact) mass is 385 g/mol. The van der Waals surface area contributed by atoms with E-state index in [9.17, 15) is 4.39 Å². The van der Waals surface area contributed by atoms with E-state index in [2.05, 4.69) is 25.5 Å². The van der Waals surface area contributed by atoms with Crippen molar-refractivity contribution in [3.63, 3.8) is 0 Å². The Bertz CT molecular complexity index is 866. The van der Waals surface area contributed by atoms with Crippen molar-refractivity contribution in [1.29, 1.82) is 0 Å². The van der Waals surface area contributed by atoms with Crippen molar-refractivity contribution < 1.29 is 13.9 Å². The first-order chi connectivity index (χ1) is 13.8. The molecule has 0 atom stereocenters. The van der Waals surface area contributed by atoms with Gasteiger partial charge in [0.2, 0.25) is 0 Å². The van der Waals surface area contributed by atoms with Crippen molar-refractivity contribution in [3.05, 3.63) is 35.4 Å². The highest BCUT2D eigenvalue weighted by Gasteiger charge is 2.26. The second-order valence-corrected chi connectivity index (χ2v) is 7.44. The summed E-state index contributed by atoms with van der Waals surface area (Å²) < 4.78 is 26.2. The van der Waals surface area contributed by atoms with Gasteiger partial charge in [-0.25, -0.2) is 14.4 Å². The molecule has 0 spiro atoms. The minimum Gasteiger partial charge on any atom is -0.483 e. The number of anilines is 3. The molecule has 2 N–H and O–H groups in total. The van der Waals surface area contributed by atoms with Crippen LogP contribution in [0.25, 0.3) is 0 Å². The molecule has 8 heteroatoms. The summed E-state index contributed by atoms with van der Waals surface area (Å²) in [5.74, 6) is 1.79. The summed E-state index contributed by atoms with van der Waals surface area (Å²) in [6.45, 7) is 5.03. The lowest BCUT2D eigenvalue weighted by molar-refractivity contribution is 0.122. The number of hydrogen-bond acceptors (Lipinski definition) is 7. The van der Waals surface area contributed by atoms with Crippen LogP contribution in [0.2, 0.25) is 0 Å². The van der Waals surface area contributed by atoms with Gasteiger partial charge in [-0.1, -0.05) is 0 Å². The summed E-state index contributed by atoms with van der Waals surface area (Å²) in [4.78, 5) is 11.1. The topological polar surface area (TPSA) is 71.5 Å². The van der Waals surface area contributed by atoms with Gasteiger partial charge in [0.05, 0.1) is 24.5 Å². The fraction of sp³-hybridized carbons (Fsp3) is 0.500. The predicted octanol–water partition coefficient (Wildman–Crippen LogP) is 2.56. The number of hydrogen-bond donors (Lipinski definition) is 2. The third-order valence-electron chi connectivity index (χ3n) is 5.72. The van der Waals surface area contributed by atoms with Crippen LogP contribution in [0, 0.1) is 5.82 Å². The van der Waals surface area contributed by atoms with Crippen molar-refractivity contribution in [1.82, 2.24) is 15.3 Å². The Labute approximate surface area is 163 Å². The van der Waals surface area contributed by atoms with Crippen molar-refractivity contribution in [2.75, 3.05) is 49.6 Å². The molecular weight excluding hydrogens is 361 g/mol. The Morgan fingerprint density at radius 1 is 1.11 bits per heavy atom. The highest BCUT2D eigenvalue weighted by Crippen LogP contribution is 2.40. The third kappa shape index (κ3) is 3.27. The average Bonchev–Trinajstić information content (AvgIpc) is 2.94. The van der Waals surface area contributed by atoms with Gasteiger partial charge in [-0.2, -0.15) is 0 Å². The van der Waals surface area contributed by atoms with Crippen LogP contribution in [0.4, 0.5) is 21.7 Å². The van der Waals surface area contributed by atoms with E-state index in [0.29, 0.717) is 30.6 Å². The molecule has 2 fully saturated rings. The van der Waals surface area contributed by atoms with Crippen LogP contribution >= 0.6 is 0 Å². The van der Waals surface area contributed by atoms with E-state index in [1.54, 1.807) is 12.4 Å². The maximum atomic E-state index is 14.9. The van der Waals surface area contributed by atoms with Gasteiger partial charge in [0, 0.05) is 13.1 Å². The zero-order valence-corrected chi connectivity index (χ0v) is 15.7. The Hall–Kier alpha value is -2.45. The van der Waals surface area contributed by atoms with Crippen LogP contribution in [0.1, 0.15) is 29.9 Å². The molecule has 4 heterocycles. The van der Waals surface area contributed by atoms with Crippen LogP contribution in [-0.4, -0.2) is 49.4 Å². The molecule has 0 saturated carbocycles. The zero-order chi connectivity index (χ0) is 18.9. The number of benzene rings is 1. The SMILES string of the molecule is Fc1cc(C2CCNCC2)cc2c1OCc1c(ncnc1N1CCOCC1)N2. The van der Waals surface area contributed by atoms with Gasteiger partial charge in [-0.3, -0.25) is 0 Å². The molecule has 0 bridgehead atoms. The van der Waals surface area contributed by atoms with Gasteiger partial charge in [-0.05, 0) is 49.5 Å². The van der Waals surface area contributed by atoms with Gasteiger partial charge in [0.25, 0.3) is 0 Å². The Kier molecular flexibility index (Phi) is 4.74. The minimum atomic E-state index is -0.327. The molecule has 1 aromatic carbocycles. The lowest BCUT2D eigenvalue weighted by atomic mass is 9.90. The predicted molar refractivity (Wildman–Crippen MR) is 104 cm³/mol. The number of piperidine rings is 1. The number of ether oxygens (including phenoxy) is 2.